The molecule has 0 aromatic heterocycles. The van der Waals surface area contributed by atoms with E-state index in [1.54, 1.807) is 6.07 Å². The van der Waals surface area contributed by atoms with Crippen molar-refractivity contribution in [2.45, 2.75) is 18.8 Å². The third-order valence-corrected chi connectivity index (χ3v) is 3.09. The highest BCUT2D eigenvalue weighted by molar-refractivity contribution is 5.57. The standard InChI is InChI=1S/C12H16F2N2/c13-12(14)10-5-7-16(8-6-15)11-4-2-1-3-9(10)11/h1-4,10,12H,5-8,15H2. The van der Waals surface area contributed by atoms with E-state index >= 15 is 0 Å². The van der Waals surface area contributed by atoms with E-state index < -0.39 is 12.3 Å². The lowest BCUT2D eigenvalue weighted by molar-refractivity contribution is 0.109. The van der Waals surface area contributed by atoms with Gasteiger partial charge in [-0.1, -0.05) is 18.2 Å². The van der Waals surface area contributed by atoms with E-state index in [1.807, 2.05) is 18.2 Å². The second kappa shape index (κ2) is 4.78. The molecule has 2 rings (SSSR count). The molecule has 0 aliphatic carbocycles. The maximum Gasteiger partial charge on any atom is 0.245 e. The first kappa shape index (κ1) is 11.3. The van der Waals surface area contributed by atoms with Crippen LogP contribution in [0.1, 0.15) is 17.9 Å². The molecule has 1 aromatic carbocycles. The Morgan fingerprint density at radius 3 is 2.81 bits per heavy atom. The maximum absolute atomic E-state index is 12.9. The number of benzene rings is 1. The molecular formula is C12H16F2N2. The van der Waals surface area contributed by atoms with Gasteiger partial charge in [0.15, 0.2) is 0 Å². The Bertz CT molecular complexity index is 355. The fraction of sp³-hybridized carbons (Fsp3) is 0.500. The van der Waals surface area contributed by atoms with E-state index in [1.165, 1.54) is 0 Å². The van der Waals surface area contributed by atoms with Crippen LogP contribution in [0.5, 0.6) is 0 Å². The summed E-state index contributed by atoms with van der Waals surface area (Å²) in [5.41, 5.74) is 7.20. The van der Waals surface area contributed by atoms with Crippen molar-refractivity contribution < 1.29 is 8.78 Å². The van der Waals surface area contributed by atoms with Gasteiger partial charge in [0.1, 0.15) is 0 Å². The lowest BCUT2D eigenvalue weighted by Crippen LogP contribution is -2.36. The van der Waals surface area contributed by atoms with Crippen LogP contribution in [-0.2, 0) is 0 Å². The highest BCUT2D eigenvalue weighted by atomic mass is 19.3. The average Bonchev–Trinajstić information content (AvgIpc) is 2.29. The van der Waals surface area contributed by atoms with Gasteiger partial charge in [-0.3, -0.25) is 0 Å². The second-order valence-corrected chi connectivity index (χ2v) is 4.06. The van der Waals surface area contributed by atoms with E-state index in [0.29, 0.717) is 19.5 Å². The largest absolute Gasteiger partial charge is 0.370 e. The Morgan fingerprint density at radius 2 is 2.12 bits per heavy atom. The Morgan fingerprint density at radius 1 is 1.38 bits per heavy atom. The SMILES string of the molecule is NCCN1CCC(C(F)F)c2ccccc21. The van der Waals surface area contributed by atoms with Gasteiger partial charge in [-0.2, -0.15) is 0 Å². The molecule has 0 radical (unpaired) electrons. The normalized spacial score (nSPS) is 20.0. The quantitative estimate of drug-likeness (QED) is 0.856. The van der Waals surface area contributed by atoms with Gasteiger partial charge in [0.2, 0.25) is 6.43 Å². The Balaban J connectivity index is 2.32. The average molecular weight is 226 g/mol. The highest BCUT2D eigenvalue weighted by Gasteiger charge is 2.30. The number of hydrogen-bond acceptors (Lipinski definition) is 2. The van der Waals surface area contributed by atoms with E-state index in [4.69, 9.17) is 5.73 Å². The third-order valence-electron chi connectivity index (χ3n) is 3.09. The minimum Gasteiger partial charge on any atom is -0.370 e. The third kappa shape index (κ3) is 2.02. The predicted molar refractivity (Wildman–Crippen MR) is 61.1 cm³/mol. The summed E-state index contributed by atoms with van der Waals surface area (Å²) in [6, 6.07) is 7.41. The molecule has 0 fully saturated rings. The molecule has 0 spiro atoms. The number of hydrogen-bond donors (Lipinski definition) is 1. The first-order valence-corrected chi connectivity index (χ1v) is 5.56. The summed E-state index contributed by atoms with van der Waals surface area (Å²) in [5.74, 6) is -0.620. The summed E-state index contributed by atoms with van der Waals surface area (Å²) < 4.78 is 25.7. The lowest BCUT2D eigenvalue weighted by atomic mass is 9.90. The summed E-state index contributed by atoms with van der Waals surface area (Å²) in [4.78, 5) is 2.09. The molecule has 0 bridgehead atoms. The van der Waals surface area contributed by atoms with Crippen molar-refractivity contribution in [2.75, 3.05) is 24.5 Å². The Hall–Kier alpha value is -1.16. The number of para-hydroxylation sites is 1. The summed E-state index contributed by atoms with van der Waals surface area (Å²) in [6.45, 7) is 1.95. The van der Waals surface area contributed by atoms with Crippen LogP contribution in [0.25, 0.3) is 0 Å². The van der Waals surface area contributed by atoms with Crippen molar-refractivity contribution >= 4 is 5.69 Å². The van der Waals surface area contributed by atoms with Crippen LogP contribution in [0.15, 0.2) is 24.3 Å². The molecule has 2 nitrogen and oxygen atoms in total. The molecule has 0 saturated carbocycles. The topological polar surface area (TPSA) is 29.3 Å². The monoisotopic (exact) mass is 226 g/mol. The highest BCUT2D eigenvalue weighted by Crippen LogP contribution is 2.38. The van der Waals surface area contributed by atoms with Gasteiger partial charge in [-0.05, 0) is 18.1 Å². The molecular weight excluding hydrogens is 210 g/mol. The molecule has 0 saturated heterocycles. The van der Waals surface area contributed by atoms with Crippen molar-refractivity contribution in [3.63, 3.8) is 0 Å². The second-order valence-electron chi connectivity index (χ2n) is 4.06. The summed E-state index contributed by atoms with van der Waals surface area (Å²) in [6.07, 6.45) is -1.77. The van der Waals surface area contributed by atoms with Gasteiger partial charge in [-0.15, -0.1) is 0 Å². The van der Waals surface area contributed by atoms with Gasteiger partial charge < -0.3 is 10.6 Å². The zero-order valence-corrected chi connectivity index (χ0v) is 9.07. The van der Waals surface area contributed by atoms with Crippen LogP contribution in [0, 0.1) is 0 Å². The molecule has 1 aliphatic heterocycles. The number of fused-ring (bicyclic) bond motifs is 1. The lowest BCUT2D eigenvalue weighted by Gasteiger charge is -2.35. The number of halogens is 2. The van der Waals surface area contributed by atoms with Crippen LogP contribution in [0.2, 0.25) is 0 Å². The Labute approximate surface area is 94.0 Å². The van der Waals surface area contributed by atoms with Crippen molar-refractivity contribution in [3.05, 3.63) is 29.8 Å². The predicted octanol–water partition coefficient (Wildman–Crippen LogP) is 2.20. The zero-order chi connectivity index (χ0) is 11.5. The Kier molecular flexibility index (Phi) is 3.39. The fourth-order valence-corrected chi connectivity index (χ4v) is 2.31. The van der Waals surface area contributed by atoms with Crippen LogP contribution >= 0.6 is 0 Å². The van der Waals surface area contributed by atoms with E-state index in [-0.39, 0.29) is 0 Å². The zero-order valence-electron chi connectivity index (χ0n) is 9.07. The number of rotatable bonds is 3. The molecule has 2 N–H and O–H groups in total. The van der Waals surface area contributed by atoms with Gasteiger partial charge in [-0.25, -0.2) is 8.78 Å². The van der Waals surface area contributed by atoms with E-state index in [0.717, 1.165) is 17.8 Å². The summed E-state index contributed by atoms with van der Waals surface area (Å²) in [5, 5.41) is 0. The summed E-state index contributed by atoms with van der Waals surface area (Å²) in [7, 11) is 0. The summed E-state index contributed by atoms with van der Waals surface area (Å²) >= 11 is 0. The molecule has 16 heavy (non-hydrogen) atoms. The molecule has 1 aliphatic rings. The van der Waals surface area contributed by atoms with Crippen LogP contribution < -0.4 is 10.6 Å². The first-order valence-electron chi connectivity index (χ1n) is 5.56. The van der Waals surface area contributed by atoms with E-state index in [2.05, 4.69) is 4.90 Å². The van der Waals surface area contributed by atoms with Gasteiger partial charge >= 0.3 is 0 Å². The number of anilines is 1. The molecule has 1 unspecified atom stereocenters. The first-order chi connectivity index (χ1) is 7.74. The van der Waals surface area contributed by atoms with Gasteiger partial charge in [0.25, 0.3) is 0 Å². The van der Waals surface area contributed by atoms with Crippen LogP contribution in [-0.4, -0.2) is 26.1 Å². The van der Waals surface area contributed by atoms with Gasteiger partial charge in [0, 0.05) is 31.2 Å². The number of nitrogens with two attached hydrogens (primary N) is 1. The van der Waals surface area contributed by atoms with Crippen molar-refractivity contribution in [1.29, 1.82) is 0 Å². The maximum atomic E-state index is 12.9. The molecule has 4 heteroatoms. The van der Waals surface area contributed by atoms with E-state index in [9.17, 15) is 8.78 Å². The van der Waals surface area contributed by atoms with Crippen molar-refractivity contribution in [2.24, 2.45) is 5.73 Å². The molecule has 88 valence electrons. The van der Waals surface area contributed by atoms with Gasteiger partial charge in [0.05, 0.1) is 0 Å². The smallest absolute Gasteiger partial charge is 0.245 e. The van der Waals surface area contributed by atoms with Crippen LogP contribution in [0.4, 0.5) is 14.5 Å². The minimum atomic E-state index is -2.28. The molecule has 1 heterocycles. The minimum absolute atomic E-state index is 0.509. The van der Waals surface area contributed by atoms with Crippen LogP contribution in [0.3, 0.4) is 0 Å². The number of nitrogens with zero attached hydrogens (tertiary/aromatic N) is 1. The molecule has 1 aromatic rings. The number of alkyl halides is 2. The van der Waals surface area contributed by atoms with Crippen molar-refractivity contribution in [3.8, 4) is 0 Å². The molecule has 1 atom stereocenters. The fourth-order valence-electron chi connectivity index (χ4n) is 2.31. The van der Waals surface area contributed by atoms with Crippen molar-refractivity contribution in [1.82, 2.24) is 0 Å². The molecule has 0 amide bonds.